The molecule has 0 aliphatic rings. The first-order valence-electron chi connectivity index (χ1n) is 6.36. The van der Waals surface area contributed by atoms with Crippen LogP contribution < -0.4 is 5.32 Å². The van der Waals surface area contributed by atoms with Crippen LogP contribution in [0.1, 0.15) is 23.5 Å². The maximum absolute atomic E-state index is 13.1. The maximum atomic E-state index is 13.1. The Balaban J connectivity index is 2.00. The number of carbonyl (C=O) groups excluding carboxylic acids is 1. The molecule has 2 aromatic rings. The lowest BCUT2D eigenvalue weighted by Gasteiger charge is -2.20. The minimum absolute atomic E-state index is 0.0865. The standard InChI is InChI=1S/C15H14F3NO2/c16-15(17,18)13(12-4-2-1-3-5-12)8-14(20)19-9-11-6-7-21-10-11/h1-7,10,13H,8-9H2,(H,19,20)/t13-/m1/s1. The van der Waals surface area contributed by atoms with Gasteiger partial charge in [0.1, 0.15) is 0 Å². The summed E-state index contributed by atoms with van der Waals surface area (Å²) >= 11 is 0. The van der Waals surface area contributed by atoms with E-state index in [1.165, 1.54) is 36.8 Å². The number of alkyl halides is 3. The van der Waals surface area contributed by atoms with Gasteiger partial charge in [-0.05, 0) is 11.6 Å². The van der Waals surface area contributed by atoms with Crippen LogP contribution in [0.5, 0.6) is 0 Å². The highest BCUT2D eigenvalue weighted by Gasteiger charge is 2.41. The van der Waals surface area contributed by atoms with E-state index in [2.05, 4.69) is 5.32 Å². The second-order valence-electron chi connectivity index (χ2n) is 4.62. The van der Waals surface area contributed by atoms with E-state index in [0.717, 1.165) is 0 Å². The molecule has 1 heterocycles. The van der Waals surface area contributed by atoms with Crippen LogP contribution in [0.4, 0.5) is 13.2 Å². The summed E-state index contributed by atoms with van der Waals surface area (Å²) in [5.41, 5.74) is 0.787. The fourth-order valence-electron chi connectivity index (χ4n) is 1.96. The lowest BCUT2D eigenvalue weighted by Crippen LogP contribution is -2.30. The van der Waals surface area contributed by atoms with Crippen molar-refractivity contribution >= 4 is 5.91 Å². The van der Waals surface area contributed by atoms with E-state index in [1.807, 2.05) is 0 Å². The third-order valence-corrected chi connectivity index (χ3v) is 3.06. The van der Waals surface area contributed by atoms with Crippen molar-refractivity contribution in [2.75, 3.05) is 0 Å². The number of furan rings is 1. The lowest BCUT2D eigenvalue weighted by atomic mass is 9.95. The maximum Gasteiger partial charge on any atom is 0.396 e. The van der Waals surface area contributed by atoms with Gasteiger partial charge in [0.05, 0.1) is 18.4 Å². The van der Waals surface area contributed by atoms with Crippen LogP contribution >= 0.6 is 0 Å². The van der Waals surface area contributed by atoms with Crippen LogP contribution in [0.25, 0.3) is 0 Å². The number of halogens is 3. The molecular formula is C15H14F3NO2. The first-order valence-corrected chi connectivity index (χ1v) is 6.36. The number of nitrogens with one attached hydrogen (secondary N) is 1. The van der Waals surface area contributed by atoms with Crippen molar-refractivity contribution in [3.8, 4) is 0 Å². The Hall–Kier alpha value is -2.24. The van der Waals surface area contributed by atoms with Gasteiger partial charge in [-0.3, -0.25) is 4.79 Å². The quantitative estimate of drug-likeness (QED) is 0.915. The van der Waals surface area contributed by atoms with Gasteiger partial charge in [0.2, 0.25) is 5.91 Å². The first-order chi connectivity index (χ1) is 9.97. The minimum atomic E-state index is -4.46. The Bertz CT molecular complexity index is 564. The van der Waals surface area contributed by atoms with Gasteiger partial charge in [-0.25, -0.2) is 0 Å². The molecule has 0 aliphatic heterocycles. The van der Waals surface area contributed by atoms with Crippen LogP contribution in [-0.2, 0) is 11.3 Å². The zero-order valence-electron chi connectivity index (χ0n) is 11.1. The van der Waals surface area contributed by atoms with Gasteiger partial charge in [-0.15, -0.1) is 0 Å². The Morgan fingerprint density at radius 3 is 2.48 bits per heavy atom. The van der Waals surface area contributed by atoms with Crippen LogP contribution in [-0.4, -0.2) is 12.1 Å². The molecule has 0 saturated heterocycles. The molecule has 1 aromatic carbocycles. The molecule has 2 rings (SSSR count). The highest BCUT2D eigenvalue weighted by molar-refractivity contribution is 5.77. The molecule has 1 atom stereocenters. The molecule has 1 aromatic heterocycles. The Kier molecular flexibility index (Phi) is 4.67. The van der Waals surface area contributed by atoms with Crippen molar-refractivity contribution in [2.24, 2.45) is 0 Å². The zero-order valence-corrected chi connectivity index (χ0v) is 11.1. The largest absolute Gasteiger partial charge is 0.472 e. The van der Waals surface area contributed by atoms with Gasteiger partial charge in [-0.2, -0.15) is 13.2 Å². The fraction of sp³-hybridized carbons (Fsp3) is 0.267. The molecule has 21 heavy (non-hydrogen) atoms. The number of rotatable bonds is 5. The summed E-state index contributed by atoms with van der Waals surface area (Å²) in [7, 11) is 0. The number of hydrogen-bond acceptors (Lipinski definition) is 2. The Morgan fingerprint density at radius 2 is 1.90 bits per heavy atom. The summed E-state index contributed by atoms with van der Waals surface area (Å²) in [6.45, 7) is 0.148. The monoisotopic (exact) mass is 297 g/mol. The van der Waals surface area contributed by atoms with E-state index >= 15 is 0 Å². The molecule has 0 spiro atoms. The average Bonchev–Trinajstić information content (AvgIpc) is 2.95. The molecule has 0 radical (unpaired) electrons. The minimum Gasteiger partial charge on any atom is -0.472 e. The number of hydrogen-bond donors (Lipinski definition) is 1. The zero-order chi connectivity index (χ0) is 15.3. The van der Waals surface area contributed by atoms with Crippen molar-refractivity contribution in [1.82, 2.24) is 5.32 Å². The normalized spacial score (nSPS) is 12.9. The highest BCUT2D eigenvalue weighted by Crippen LogP contribution is 2.37. The summed E-state index contributed by atoms with van der Waals surface area (Å²) in [5, 5.41) is 2.46. The summed E-state index contributed by atoms with van der Waals surface area (Å²) in [6, 6.07) is 9.08. The van der Waals surface area contributed by atoms with E-state index in [-0.39, 0.29) is 12.1 Å². The van der Waals surface area contributed by atoms with Gasteiger partial charge in [0, 0.05) is 18.5 Å². The second-order valence-corrected chi connectivity index (χ2v) is 4.62. The Labute approximate surface area is 119 Å². The molecule has 1 amide bonds. The molecule has 3 nitrogen and oxygen atoms in total. The Morgan fingerprint density at radius 1 is 1.19 bits per heavy atom. The summed E-state index contributed by atoms with van der Waals surface area (Å²) in [6.07, 6.45) is -2.23. The summed E-state index contributed by atoms with van der Waals surface area (Å²) in [4.78, 5) is 11.7. The van der Waals surface area contributed by atoms with E-state index in [0.29, 0.717) is 5.56 Å². The van der Waals surface area contributed by atoms with Crippen molar-refractivity contribution in [3.63, 3.8) is 0 Å². The number of benzene rings is 1. The van der Waals surface area contributed by atoms with Gasteiger partial charge >= 0.3 is 6.18 Å². The molecule has 6 heteroatoms. The first kappa shape index (κ1) is 15.2. The van der Waals surface area contributed by atoms with E-state index < -0.39 is 24.4 Å². The van der Waals surface area contributed by atoms with Gasteiger partial charge < -0.3 is 9.73 Å². The van der Waals surface area contributed by atoms with Crippen LogP contribution in [0.3, 0.4) is 0 Å². The van der Waals surface area contributed by atoms with E-state index in [1.54, 1.807) is 12.1 Å². The molecule has 1 N–H and O–H groups in total. The molecular weight excluding hydrogens is 283 g/mol. The topological polar surface area (TPSA) is 42.2 Å². The van der Waals surface area contributed by atoms with Gasteiger partial charge in [0.15, 0.2) is 0 Å². The molecule has 0 saturated carbocycles. The van der Waals surface area contributed by atoms with Gasteiger partial charge in [-0.1, -0.05) is 30.3 Å². The summed E-state index contributed by atoms with van der Waals surface area (Å²) < 4.78 is 44.1. The summed E-state index contributed by atoms with van der Waals surface area (Å²) in [5.74, 6) is -2.45. The van der Waals surface area contributed by atoms with Crippen LogP contribution in [0, 0.1) is 0 Å². The molecule has 112 valence electrons. The number of carbonyl (C=O) groups is 1. The van der Waals surface area contributed by atoms with Crippen molar-refractivity contribution in [2.45, 2.75) is 25.1 Å². The predicted octanol–water partition coefficient (Wildman–Crippen LogP) is 3.63. The SMILES string of the molecule is O=C(C[C@H](c1ccccc1)C(F)(F)F)NCc1ccoc1. The van der Waals surface area contributed by atoms with Gasteiger partial charge in [0.25, 0.3) is 0 Å². The molecule has 0 bridgehead atoms. The molecule has 0 aliphatic carbocycles. The van der Waals surface area contributed by atoms with Crippen molar-refractivity contribution in [1.29, 1.82) is 0 Å². The number of amides is 1. The van der Waals surface area contributed by atoms with Crippen LogP contribution in [0.2, 0.25) is 0 Å². The third kappa shape index (κ3) is 4.37. The highest BCUT2D eigenvalue weighted by atomic mass is 19.4. The fourth-order valence-corrected chi connectivity index (χ4v) is 1.96. The molecule has 0 fully saturated rings. The lowest BCUT2D eigenvalue weighted by molar-refractivity contribution is -0.157. The molecule has 0 unspecified atom stereocenters. The second kappa shape index (κ2) is 6.47. The van der Waals surface area contributed by atoms with Crippen LogP contribution in [0.15, 0.2) is 53.3 Å². The van der Waals surface area contributed by atoms with E-state index in [4.69, 9.17) is 4.42 Å². The van der Waals surface area contributed by atoms with Crippen molar-refractivity contribution < 1.29 is 22.4 Å². The van der Waals surface area contributed by atoms with E-state index in [9.17, 15) is 18.0 Å². The van der Waals surface area contributed by atoms with Crippen molar-refractivity contribution in [3.05, 3.63) is 60.1 Å². The third-order valence-electron chi connectivity index (χ3n) is 3.06. The predicted molar refractivity (Wildman–Crippen MR) is 70.4 cm³/mol. The smallest absolute Gasteiger partial charge is 0.396 e. The average molecular weight is 297 g/mol.